The Hall–Kier alpha value is -3.06. The zero-order valence-electron chi connectivity index (χ0n) is 14.7. The highest BCUT2D eigenvalue weighted by molar-refractivity contribution is 7.13. The second kappa shape index (κ2) is 8.55. The summed E-state index contributed by atoms with van der Waals surface area (Å²) in [7, 11) is 0. The van der Waals surface area contributed by atoms with Gasteiger partial charge in [-0.1, -0.05) is 12.1 Å². The van der Waals surface area contributed by atoms with Crippen molar-refractivity contribution in [2.45, 2.75) is 19.9 Å². The van der Waals surface area contributed by atoms with Gasteiger partial charge in [0.25, 0.3) is 0 Å². The van der Waals surface area contributed by atoms with E-state index >= 15 is 0 Å². The van der Waals surface area contributed by atoms with Gasteiger partial charge in [0.2, 0.25) is 11.8 Å². The van der Waals surface area contributed by atoms with Crippen LogP contribution < -0.4 is 10.6 Å². The number of nitrogens with zero attached hydrogens (tertiary/aromatic N) is 1. The van der Waals surface area contributed by atoms with Gasteiger partial charge < -0.3 is 10.6 Å². The van der Waals surface area contributed by atoms with Crippen LogP contribution in [0.15, 0.2) is 53.9 Å². The van der Waals surface area contributed by atoms with E-state index in [0.29, 0.717) is 12.2 Å². The number of hydrogen-bond acceptors (Lipinski definition) is 4. The summed E-state index contributed by atoms with van der Waals surface area (Å²) in [6.07, 6.45) is 0.182. The second-order valence-electron chi connectivity index (χ2n) is 5.98. The third kappa shape index (κ3) is 5.46. The topological polar surface area (TPSA) is 71.1 Å². The van der Waals surface area contributed by atoms with Gasteiger partial charge in [0.1, 0.15) is 10.8 Å². The minimum absolute atomic E-state index is 0.120. The molecule has 0 unspecified atom stereocenters. The van der Waals surface area contributed by atoms with Crippen molar-refractivity contribution in [2.75, 3.05) is 5.32 Å². The molecule has 0 fully saturated rings. The average Bonchev–Trinajstić information content (AvgIpc) is 3.10. The highest BCUT2D eigenvalue weighted by Gasteiger charge is 2.09. The van der Waals surface area contributed by atoms with E-state index in [1.165, 1.54) is 30.4 Å². The van der Waals surface area contributed by atoms with Gasteiger partial charge in [0, 0.05) is 30.1 Å². The Balaban J connectivity index is 1.56. The molecule has 2 N–H and O–H groups in total. The van der Waals surface area contributed by atoms with Gasteiger partial charge in [-0.15, -0.1) is 11.3 Å². The molecule has 0 saturated carbocycles. The summed E-state index contributed by atoms with van der Waals surface area (Å²) in [5, 5.41) is 8.19. The Kier molecular flexibility index (Phi) is 5.93. The number of benzene rings is 2. The molecular weight excluding hydrogens is 365 g/mol. The molecule has 0 saturated heterocycles. The molecule has 0 aliphatic heterocycles. The van der Waals surface area contributed by atoms with Gasteiger partial charge >= 0.3 is 0 Å². The first-order chi connectivity index (χ1) is 13.0. The predicted octanol–water partition coefficient (Wildman–Crippen LogP) is 3.77. The zero-order chi connectivity index (χ0) is 19.2. The van der Waals surface area contributed by atoms with Gasteiger partial charge in [-0.2, -0.15) is 0 Å². The number of hydrogen-bond donors (Lipinski definition) is 2. The maximum Gasteiger partial charge on any atom is 0.226 e. The van der Waals surface area contributed by atoms with Crippen molar-refractivity contribution in [1.82, 2.24) is 10.3 Å². The summed E-state index contributed by atoms with van der Waals surface area (Å²) in [4.78, 5) is 27.6. The van der Waals surface area contributed by atoms with E-state index in [2.05, 4.69) is 15.6 Å². The second-order valence-corrected chi connectivity index (χ2v) is 6.84. The Morgan fingerprint density at radius 3 is 2.44 bits per heavy atom. The summed E-state index contributed by atoms with van der Waals surface area (Å²) in [6, 6.07) is 13.4. The highest BCUT2D eigenvalue weighted by Crippen LogP contribution is 2.25. The lowest BCUT2D eigenvalue weighted by atomic mass is 10.2. The molecule has 7 heteroatoms. The molecule has 2 aromatic carbocycles. The van der Waals surface area contributed by atoms with Gasteiger partial charge in [-0.25, -0.2) is 9.37 Å². The van der Waals surface area contributed by atoms with Crippen molar-refractivity contribution in [3.8, 4) is 10.6 Å². The predicted molar refractivity (Wildman–Crippen MR) is 104 cm³/mol. The standard InChI is InChI=1S/C20H18FN3O2S/c1-13(25)23-17-8-4-15(5-9-17)20-24-18(12-27-20)10-19(26)22-11-14-2-6-16(21)7-3-14/h2-9,12H,10-11H2,1H3,(H,22,26)(H,23,25). The van der Waals surface area contributed by atoms with E-state index in [-0.39, 0.29) is 24.1 Å². The summed E-state index contributed by atoms with van der Waals surface area (Å²) in [5.41, 5.74) is 3.18. The lowest BCUT2D eigenvalue weighted by Gasteiger charge is -2.04. The lowest BCUT2D eigenvalue weighted by Crippen LogP contribution is -2.24. The lowest BCUT2D eigenvalue weighted by molar-refractivity contribution is -0.120. The smallest absolute Gasteiger partial charge is 0.226 e. The normalized spacial score (nSPS) is 10.4. The summed E-state index contributed by atoms with van der Waals surface area (Å²) in [6.45, 7) is 1.81. The molecule has 3 rings (SSSR count). The molecule has 5 nitrogen and oxygen atoms in total. The Morgan fingerprint density at radius 2 is 1.78 bits per heavy atom. The van der Waals surface area contributed by atoms with Crippen LogP contribution in [0.2, 0.25) is 0 Å². The Morgan fingerprint density at radius 1 is 1.07 bits per heavy atom. The first-order valence-electron chi connectivity index (χ1n) is 8.33. The molecule has 0 aliphatic carbocycles. The fourth-order valence-corrected chi connectivity index (χ4v) is 3.28. The van der Waals surface area contributed by atoms with Crippen LogP contribution in [-0.4, -0.2) is 16.8 Å². The molecule has 0 bridgehead atoms. The minimum Gasteiger partial charge on any atom is -0.352 e. The van der Waals surface area contributed by atoms with Crippen molar-refractivity contribution in [3.63, 3.8) is 0 Å². The molecule has 1 heterocycles. The number of anilines is 1. The van der Waals surface area contributed by atoms with Crippen molar-refractivity contribution in [1.29, 1.82) is 0 Å². The van der Waals surface area contributed by atoms with E-state index in [4.69, 9.17) is 0 Å². The fraction of sp³-hybridized carbons (Fsp3) is 0.150. The number of rotatable bonds is 6. The molecule has 1 aromatic heterocycles. The molecular formula is C20H18FN3O2S. The molecule has 0 spiro atoms. The van der Waals surface area contributed by atoms with Crippen molar-refractivity contribution >= 4 is 28.8 Å². The van der Waals surface area contributed by atoms with Crippen LogP contribution in [0.4, 0.5) is 10.1 Å². The molecule has 3 aromatic rings. The maximum absolute atomic E-state index is 12.9. The largest absolute Gasteiger partial charge is 0.352 e. The van der Waals surface area contributed by atoms with Gasteiger partial charge in [0.15, 0.2) is 0 Å². The minimum atomic E-state index is -0.301. The molecule has 27 heavy (non-hydrogen) atoms. The number of halogens is 1. The number of thiazole rings is 1. The number of aromatic nitrogens is 1. The number of carbonyl (C=O) groups is 2. The van der Waals surface area contributed by atoms with Crippen LogP contribution in [0.5, 0.6) is 0 Å². The molecule has 0 radical (unpaired) electrons. The Labute approximate surface area is 160 Å². The quantitative estimate of drug-likeness (QED) is 0.681. The van der Waals surface area contributed by atoms with Crippen LogP contribution in [0.3, 0.4) is 0 Å². The molecule has 2 amide bonds. The SMILES string of the molecule is CC(=O)Nc1ccc(-c2nc(CC(=O)NCc3ccc(F)cc3)cs2)cc1. The van der Waals surface area contributed by atoms with Crippen LogP contribution in [-0.2, 0) is 22.6 Å². The first-order valence-corrected chi connectivity index (χ1v) is 9.21. The zero-order valence-corrected chi connectivity index (χ0v) is 15.5. The highest BCUT2D eigenvalue weighted by atomic mass is 32.1. The first kappa shape index (κ1) is 18.7. The molecule has 0 aliphatic rings. The van der Waals surface area contributed by atoms with Crippen LogP contribution in [0.25, 0.3) is 10.6 Å². The van der Waals surface area contributed by atoms with E-state index in [1.54, 1.807) is 12.1 Å². The van der Waals surface area contributed by atoms with Crippen LogP contribution in [0.1, 0.15) is 18.2 Å². The van der Waals surface area contributed by atoms with Crippen molar-refractivity contribution in [3.05, 3.63) is 71.0 Å². The van der Waals surface area contributed by atoms with E-state index in [9.17, 15) is 14.0 Å². The van der Waals surface area contributed by atoms with Gasteiger partial charge in [0.05, 0.1) is 12.1 Å². The summed E-state index contributed by atoms with van der Waals surface area (Å²) in [5.74, 6) is -0.562. The maximum atomic E-state index is 12.9. The van der Waals surface area contributed by atoms with Crippen molar-refractivity contribution in [2.24, 2.45) is 0 Å². The van der Waals surface area contributed by atoms with Crippen LogP contribution >= 0.6 is 11.3 Å². The van der Waals surface area contributed by atoms with Gasteiger partial charge in [-0.05, 0) is 42.0 Å². The van der Waals surface area contributed by atoms with E-state index in [1.807, 2.05) is 29.6 Å². The number of nitrogens with one attached hydrogen (secondary N) is 2. The molecule has 0 atom stereocenters. The Bertz CT molecular complexity index is 937. The third-order valence-corrected chi connectivity index (χ3v) is 4.69. The van der Waals surface area contributed by atoms with Crippen molar-refractivity contribution < 1.29 is 14.0 Å². The number of amides is 2. The molecule has 138 valence electrons. The fourth-order valence-electron chi connectivity index (χ4n) is 2.45. The van der Waals surface area contributed by atoms with Gasteiger partial charge in [-0.3, -0.25) is 9.59 Å². The number of carbonyl (C=O) groups excluding carboxylic acids is 2. The summed E-state index contributed by atoms with van der Waals surface area (Å²) >= 11 is 1.46. The average molecular weight is 383 g/mol. The summed E-state index contributed by atoms with van der Waals surface area (Å²) < 4.78 is 12.9. The van der Waals surface area contributed by atoms with E-state index < -0.39 is 0 Å². The third-order valence-electron chi connectivity index (χ3n) is 3.75. The van der Waals surface area contributed by atoms with E-state index in [0.717, 1.165) is 21.8 Å². The monoisotopic (exact) mass is 383 g/mol. The van der Waals surface area contributed by atoms with Crippen LogP contribution in [0, 0.1) is 5.82 Å².